The first-order valence-electron chi connectivity index (χ1n) is 9.23. The molecule has 1 amide bonds. The number of anilines is 1. The van der Waals surface area contributed by atoms with Gasteiger partial charge < -0.3 is 9.47 Å². The summed E-state index contributed by atoms with van der Waals surface area (Å²) in [5, 5.41) is 18.6. The third kappa shape index (κ3) is 5.07. The molecule has 0 aliphatic rings. The SMILES string of the molecule is CO[C@H](C)c1c(OC(=O)Nc2cnc(-n3nccn3)c(C(F)(F)F)c2)cnc(C(F)F)c1C#N. The monoisotopic (exact) mass is 483 g/mol. The van der Waals surface area contributed by atoms with E-state index in [2.05, 4.69) is 25.5 Å². The fourth-order valence-electron chi connectivity index (χ4n) is 2.87. The molecular formula is C19H14F5N7O3. The highest BCUT2D eigenvalue weighted by atomic mass is 19.4. The molecule has 0 saturated heterocycles. The zero-order valence-corrected chi connectivity index (χ0v) is 17.3. The van der Waals surface area contributed by atoms with E-state index in [1.165, 1.54) is 14.0 Å². The van der Waals surface area contributed by atoms with Crippen molar-refractivity contribution in [3.8, 4) is 17.6 Å². The molecule has 3 aromatic rings. The van der Waals surface area contributed by atoms with E-state index >= 15 is 0 Å². The maximum atomic E-state index is 13.5. The van der Waals surface area contributed by atoms with Crippen molar-refractivity contribution in [2.45, 2.75) is 25.6 Å². The number of carbonyl (C=O) groups is 1. The number of nitrogens with one attached hydrogen (secondary N) is 1. The molecule has 0 aliphatic heterocycles. The van der Waals surface area contributed by atoms with Crippen LogP contribution in [0, 0.1) is 11.3 Å². The van der Waals surface area contributed by atoms with Gasteiger partial charge in [0.05, 0.1) is 42.1 Å². The minimum absolute atomic E-state index is 0.181. The molecule has 0 fully saturated rings. The Morgan fingerprint density at radius 2 is 1.88 bits per heavy atom. The van der Waals surface area contributed by atoms with Gasteiger partial charge in [-0.2, -0.15) is 28.6 Å². The van der Waals surface area contributed by atoms with Gasteiger partial charge >= 0.3 is 12.3 Å². The average molecular weight is 483 g/mol. The van der Waals surface area contributed by atoms with Crippen LogP contribution in [0.25, 0.3) is 5.82 Å². The second-order valence-corrected chi connectivity index (χ2v) is 6.51. The van der Waals surface area contributed by atoms with Crippen molar-refractivity contribution in [3.63, 3.8) is 0 Å². The summed E-state index contributed by atoms with van der Waals surface area (Å²) < 4.78 is 77.1. The maximum absolute atomic E-state index is 13.5. The molecule has 10 nitrogen and oxygen atoms in total. The van der Waals surface area contributed by atoms with Gasteiger partial charge in [-0.1, -0.05) is 0 Å². The fourth-order valence-corrected chi connectivity index (χ4v) is 2.87. The molecule has 3 aromatic heterocycles. The van der Waals surface area contributed by atoms with Crippen LogP contribution in [0.2, 0.25) is 0 Å². The molecule has 1 N–H and O–H groups in total. The Bertz CT molecular complexity index is 1230. The number of pyridine rings is 2. The second kappa shape index (κ2) is 9.75. The molecule has 0 unspecified atom stereocenters. The Morgan fingerprint density at radius 3 is 2.44 bits per heavy atom. The molecule has 3 heterocycles. The van der Waals surface area contributed by atoms with Crippen LogP contribution in [0.4, 0.5) is 32.4 Å². The number of nitrogens with zero attached hydrogens (tertiary/aromatic N) is 6. The maximum Gasteiger partial charge on any atom is 0.420 e. The van der Waals surface area contributed by atoms with Gasteiger partial charge in [0.15, 0.2) is 11.6 Å². The Morgan fingerprint density at radius 1 is 1.21 bits per heavy atom. The van der Waals surface area contributed by atoms with Gasteiger partial charge in [-0.25, -0.2) is 23.5 Å². The zero-order chi connectivity index (χ0) is 25.0. The lowest BCUT2D eigenvalue weighted by Crippen LogP contribution is -2.21. The first-order chi connectivity index (χ1) is 16.1. The molecule has 0 bridgehead atoms. The predicted molar refractivity (Wildman–Crippen MR) is 103 cm³/mol. The molecule has 0 spiro atoms. The minimum atomic E-state index is -4.87. The summed E-state index contributed by atoms with van der Waals surface area (Å²) in [4.78, 5) is 20.1. The molecule has 0 saturated carbocycles. The number of methoxy groups -OCH3 is 1. The second-order valence-electron chi connectivity index (χ2n) is 6.51. The highest BCUT2D eigenvalue weighted by Crippen LogP contribution is 2.36. The number of ether oxygens (including phenoxy) is 2. The van der Waals surface area contributed by atoms with Crippen LogP contribution >= 0.6 is 0 Å². The standard InChI is InChI=1S/C19H14F5N7O3/c1-9(33-2)14-11(6-25)15(16(20)21)26-8-13(14)34-18(32)30-10-5-12(19(22,23)24)17(27-7-10)31-28-3-4-29-31/h3-5,7-9,16H,1-2H3,(H,30,32)/t9-/m1/s1. The van der Waals surface area contributed by atoms with Crippen LogP contribution in [0.5, 0.6) is 5.75 Å². The summed E-state index contributed by atoms with van der Waals surface area (Å²) in [5.74, 6) is -1.02. The molecule has 1 atom stereocenters. The number of rotatable bonds is 6. The number of hydrogen-bond acceptors (Lipinski definition) is 8. The van der Waals surface area contributed by atoms with Crippen molar-refractivity contribution in [1.82, 2.24) is 25.0 Å². The van der Waals surface area contributed by atoms with E-state index in [-0.39, 0.29) is 5.56 Å². The van der Waals surface area contributed by atoms with Gasteiger partial charge in [0.1, 0.15) is 17.3 Å². The Hall–Kier alpha value is -4.19. The molecule has 178 valence electrons. The molecule has 0 aromatic carbocycles. The third-order valence-electron chi connectivity index (χ3n) is 4.42. The minimum Gasteiger partial charge on any atom is -0.408 e. The molecule has 0 aliphatic carbocycles. The Balaban J connectivity index is 1.93. The normalized spacial score (nSPS) is 12.3. The molecular weight excluding hydrogens is 469 g/mol. The van der Waals surface area contributed by atoms with Crippen molar-refractivity contribution in [3.05, 3.63) is 53.2 Å². The Kier molecular flexibility index (Phi) is 7.01. The first-order valence-corrected chi connectivity index (χ1v) is 9.23. The molecule has 34 heavy (non-hydrogen) atoms. The number of aromatic nitrogens is 5. The van der Waals surface area contributed by atoms with Gasteiger partial charge in [-0.15, -0.1) is 4.80 Å². The summed E-state index contributed by atoms with van der Waals surface area (Å²) in [7, 11) is 1.23. The van der Waals surface area contributed by atoms with E-state index in [0.29, 0.717) is 10.9 Å². The topological polar surface area (TPSA) is 128 Å². The summed E-state index contributed by atoms with van der Waals surface area (Å²) >= 11 is 0. The lowest BCUT2D eigenvalue weighted by molar-refractivity contribution is -0.137. The van der Waals surface area contributed by atoms with Gasteiger partial charge in [0, 0.05) is 12.7 Å². The first kappa shape index (κ1) is 24.5. The zero-order valence-electron chi connectivity index (χ0n) is 17.3. The van der Waals surface area contributed by atoms with Gasteiger partial charge in [-0.05, 0) is 13.0 Å². The average Bonchev–Trinajstić information content (AvgIpc) is 3.32. The molecule has 15 heteroatoms. The predicted octanol–water partition coefficient (Wildman–Crippen LogP) is 4.20. The van der Waals surface area contributed by atoms with E-state index < -0.39 is 58.9 Å². The summed E-state index contributed by atoms with van der Waals surface area (Å²) in [6, 6.07) is 2.17. The molecule has 0 radical (unpaired) electrons. The van der Waals surface area contributed by atoms with Crippen LogP contribution in [0.1, 0.15) is 41.8 Å². The van der Waals surface area contributed by atoms with E-state index in [1.807, 2.05) is 0 Å². The van der Waals surface area contributed by atoms with Crippen LogP contribution < -0.4 is 10.1 Å². The van der Waals surface area contributed by atoms with E-state index in [0.717, 1.165) is 24.8 Å². The third-order valence-corrected chi connectivity index (χ3v) is 4.42. The van der Waals surface area contributed by atoms with Crippen molar-refractivity contribution in [1.29, 1.82) is 5.26 Å². The summed E-state index contributed by atoms with van der Waals surface area (Å²) in [6.07, 6.45) is -6.19. The van der Waals surface area contributed by atoms with Crippen molar-refractivity contribution >= 4 is 11.8 Å². The van der Waals surface area contributed by atoms with E-state index in [9.17, 15) is 32.0 Å². The van der Waals surface area contributed by atoms with E-state index in [4.69, 9.17) is 9.47 Å². The lowest BCUT2D eigenvalue weighted by atomic mass is 10.0. The van der Waals surface area contributed by atoms with Crippen LogP contribution in [-0.4, -0.2) is 38.2 Å². The number of hydrogen-bond donors (Lipinski definition) is 1. The molecule has 3 rings (SSSR count). The van der Waals surface area contributed by atoms with Crippen molar-refractivity contribution < 1.29 is 36.2 Å². The van der Waals surface area contributed by atoms with Gasteiger partial charge in [0.25, 0.3) is 6.43 Å². The van der Waals surface area contributed by atoms with Gasteiger partial charge in [0.2, 0.25) is 0 Å². The van der Waals surface area contributed by atoms with Crippen molar-refractivity contribution in [2.24, 2.45) is 0 Å². The van der Waals surface area contributed by atoms with Crippen LogP contribution in [-0.2, 0) is 10.9 Å². The highest BCUT2D eigenvalue weighted by Gasteiger charge is 2.36. The Labute approximate surface area is 187 Å². The lowest BCUT2D eigenvalue weighted by Gasteiger charge is -2.18. The summed E-state index contributed by atoms with van der Waals surface area (Å²) in [5.41, 5.74) is -3.21. The van der Waals surface area contributed by atoms with Crippen molar-refractivity contribution in [2.75, 3.05) is 12.4 Å². The quantitative estimate of drug-likeness (QED) is 0.517. The number of amides is 1. The largest absolute Gasteiger partial charge is 0.420 e. The fraction of sp³-hybridized carbons (Fsp3) is 0.263. The highest BCUT2D eigenvalue weighted by molar-refractivity contribution is 5.86. The summed E-state index contributed by atoms with van der Waals surface area (Å²) in [6.45, 7) is 1.41. The van der Waals surface area contributed by atoms with Crippen LogP contribution in [0.3, 0.4) is 0 Å². The van der Waals surface area contributed by atoms with Crippen LogP contribution in [0.15, 0.2) is 30.9 Å². The number of carbonyl (C=O) groups excluding carboxylic acids is 1. The van der Waals surface area contributed by atoms with Gasteiger partial charge in [-0.3, -0.25) is 5.32 Å². The van der Waals surface area contributed by atoms with E-state index in [1.54, 1.807) is 6.07 Å². The number of nitriles is 1. The smallest absolute Gasteiger partial charge is 0.408 e. The number of alkyl halides is 5. The number of halogens is 5.